The number of nitrogen functional groups attached to an aromatic ring is 1. The molecular weight excluding hydrogens is 256 g/mol. The minimum atomic E-state index is 0.251. The highest BCUT2D eigenvalue weighted by Crippen LogP contribution is 2.23. The summed E-state index contributed by atoms with van der Waals surface area (Å²) in [5, 5.41) is 3.27. The number of nitrogens with two attached hydrogens (primary N) is 1. The van der Waals surface area contributed by atoms with Gasteiger partial charge in [-0.25, -0.2) is 9.97 Å². The van der Waals surface area contributed by atoms with Crippen molar-refractivity contribution in [2.24, 2.45) is 0 Å². The molecule has 3 N–H and O–H groups in total. The molecule has 4 nitrogen and oxygen atoms in total. The highest BCUT2D eigenvalue weighted by Gasteiger charge is 2.07. The number of hydrogen-bond donors (Lipinski definition) is 2. The fourth-order valence-corrected chi connectivity index (χ4v) is 2.12. The lowest BCUT2D eigenvalue weighted by Crippen LogP contribution is -2.04. The molecule has 0 fully saturated rings. The zero-order valence-corrected chi connectivity index (χ0v) is 12.2. The first-order valence-electron chi connectivity index (χ1n) is 6.14. The molecule has 0 bridgehead atoms. The first-order valence-corrected chi connectivity index (χ1v) is 7.36. The first kappa shape index (κ1) is 13.7. The van der Waals surface area contributed by atoms with Crippen LogP contribution < -0.4 is 11.1 Å². The minimum absolute atomic E-state index is 0.251. The molecule has 0 spiro atoms. The van der Waals surface area contributed by atoms with Crippen LogP contribution in [0.2, 0.25) is 0 Å². The van der Waals surface area contributed by atoms with E-state index in [1.807, 2.05) is 26.0 Å². The van der Waals surface area contributed by atoms with Gasteiger partial charge in [0.1, 0.15) is 17.5 Å². The summed E-state index contributed by atoms with van der Waals surface area (Å²) in [6, 6.07) is 9.93. The normalized spacial score (nSPS) is 10.7. The van der Waals surface area contributed by atoms with Crippen LogP contribution >= 0.6 is 11.8 Å². The summed E-state index contributed by atoms with van der Waals surface area (Å²) < 4.78 is 0. The Morgan fingerprint density at radius 3 is 2.68 bits per heavy atom. The van der Waals surface area contributed by atoms with Crippen LogP contribution in [0.15, 0.2) is 35.2 Å². The Labute approximate surface area is 117 Å². The van der Waals surface area contributed by atoms with E-state index in [9.17, 15) is 0 Å². The summed E-state index contributed by atoms with van der Waals surface area (Å²) in [5.74, 6) is 2.22. The maximum Gasteiger partial charge on any atom is 0.136 e. The van der Waals surface area contributed by atoms with Gasteiger partial charge >= 0.3 is 0 Å². The molecule has 1 heterocycles. The van der Waals surface area contributed by atoms with Crippen molar-refractivity contribution in [3.8, 4) is 0 Å². The van der Waals surface area contributed by atoms with Crippen molar-refractivity contribution in [1.29, 1.82) is 0 Å². The third kappa shape index (κ3) is 3.61. The van der Waals surface area contributed by atoms with Gasteiger partial charge in [0.2, 0.25) is 0 Å². The number of rotatable bonds is 4. The third-order valence-electron chi connectivity index (χ3n) is 2.62. The van der Waals surface area contributed by atoms with Crippen LogP contribution in [-0.4, -0.2) is 16.2 Å². The van der Waals surface area contributed by atoms with Crippen LogP contribution in [0, 0.1) is 0 Å². The average molecular weight is 274 g/mol. The van der Waals surface area contributed by atoms with Gasteiger partial charge in [-0.05, 0) is 24.5 Å². The average Bonchev–Trinajstić information content (AvgIpc) is 2.38. The van der Waals surface area contributed by atoms with Crippen molar-refractivity contribution < 1.29 is 0 Å². The zero-order valence-electron chi connectivity index (χ0n) is 11.3. The van der Waals surface area contributed by atoms with Crippen LogP contribution in [0.5, 0.6) is 0 Å². The molecule has 0 aliphatic carbocycles. The summed E-state index contributed by atoms with van der Waals surface area (Å²) in [5.41, 5.74) is 6.81. The topological polar surface area (TPSA) is 63.8 Å². The molecule has 0 atom stereocenters. The molecule has 0 aliphatic rings. The molecule has 0 radical (unpaired) electrons. The minimum Gasteiger partial charge on any atom is -0.384 e. The van der Waals surface area contributed by atoms with Crippen LogP contribution in [0.4, 0.5) is 17.3 Å². The maximum atomic E-state index is 5.81. The van der Waals surface area contributed by atoms with Gasteiger partial charge in [0.15, 0.2) is 0 Å². The van der Waals surface area contributed by atoms with Gasteiger partial charge in [-0.2, -0.15) is 0 Å². The van der Waals surface area contributed by atoms with E-state index in [-0.39, 0.29) is 5.92 Å². The second kappa shape index (κ2) is 5.93. The summed E-state index contributed by atoms with van der Waals surface area (Å²) >= 11 is 1.71. The lowest BCUT2D eigenvalue weighted by Gasteiger charge is -2.10. The molecule has 1 aromatic heterocycles. The van der Waals surface area contributed by atoms with Crippen molar-refractivity contribution in [2.45, 2.75) is 24.7 Å². The first-order chi connectivity index (χ1) is 9.08. The molecule has 0 aliphatic heterocycles. The summed E-state index contributed by atoms with van der Waals surface area (Å²) in [7, 11) is 0. The van der Waals surface area contributed by atoms with Crippen LogP contribution in [0.1, 0.15) is 25.6 Å². The van der Waals surface area contributed by atoms with E-state index in [4.69, 9.17) is 5.73 Å². The SMILES string of the molecule is CSc1cccc(Nc2cc(N)nc(C(C)C)n2)c1. The maximum absolute atomic E-state index is 5.81. The lowest BCUT2D eigenvalue weighted by molar-refractivity contribution is 0.779. The van der Waals surface area contributed by atoms with Gasteiger partial charge in [0.25, 0.3) is 0 Å². The summed E-state index contributed by atoms with van der Waals surface area (Å²) in [4.78, 5) is 9.91. The zero-order chi connectivity index (χ0) is 13.8. The van der Waals surface area contributed by atoms with Gasteiger partial charge in [-0.15, -0.1) is 11.8 Å². The molecule has 2 aromatic rings. The fraction of sp³-hybridized carbons (Fsp3) is 0.286. The molecule has 0 saturated carbocycles. The fourth-order valence-electron chi connectivity index (χ4n) is 1.66. The molecule has 100 valence electrons. The van der Waals surface area contributed by atoms with Gasteiger partial charge in [-0.1, -0.05) is 19.9 Å². The van der Waals surface area contributed by atoms with Crippen LogP contribution in [0.25, 0.3) is 0 Å². The van der Waals surface area contributed by atoms with Gasteiger partial charge < -0.3 is 11.1 Å². The second-order valence-corrected chi connectivity index (χ2v) is 5.43. The van der Waals surface area contributed by atoms with E-state index in [1.165, 1.54) is 4.90 Å². The molecule has 19 heavy (non-hydrogen) atoms. The standard InChI is InChI=1S/C14H18N4S/c1-9(2)14-17-12(15)8-13(18-14)16-10-5-4-6-11(7-10)19-3/h4-9H,1-3H3,(H3,15,16,17,18). The number of benzene rings is 1. The van der Waals surface area contributed by atoms with Crippen LogP contribution in [0.3, 0.4) is 0 Å². The quantitative estimate of drug-likeness (QED) is 0.833. The monoisotopic (exact) mass is 274 g/mol. The molecule has 2 rings (SSSR count). The predicted octanol–water partition coefficient (Wildman–Crippen LogP) is 3.65. The Bertz CT molecular complexity index is 569. The van der Waals surface area contributed by atoms with E-state index >= 15 is 0 Å². The second-order valence-electron chi connectivity index (χ2n) is 4.55. The van der Waals surface area contributed by atoms with Crippen molar-refractivity contribution >= 4 is 29.1 Å². The lowest BCUT2D eigenvalue weighted by atomic mass is 10.2. The number of aromatic nitrogens is 2. The van der Waals surface area contributed by atoms with Crippen molar-refractivity contribution in [3.05, 3.63) is 36.2 Å². The van der Waals surface area contributed by atoms with E-state index in [1.54, 1.807) is 17.8 Å². The Hall–Kier alpha value is -1.75. The Balaban J connectivity index is 2.27. The van der Waals surface area contributed by atoms with E-state index in [0.29, 0.717) is 5.82 Å². The highest BCUT2D eigenvalue weighted by atomic mass is 32.2. The van der Waals surface area contributed by atoms with Crippen LogP contribution in [-0.2, 0) is 0 Å². The smallest absolute Gasteiger partial charge is 0.136 e. The molecule has 1 aromatic carbocycles. The Kier molecular flexibility index (Phi) is 4.27. The largest absolute Gasteiger partial charge is 0.384 e. The molecule has 5 heteroatoms. The van der Waals surface area contributed by atoms with E-state index < -0.39 is 0 Å². The number of thioether (sulfide) groups is 1. The third-order valence-corrected chi connectivity index (χ3v) is 3.35. The number of nitrogens with zero attached hydrogens (tertiary/aromatic N) is 2. The number of nitrogens with one attached hydrogen (secondary N) is 1. The Morgan fingerprint density at radius 1 is 1.21 bits per heavy atom. The summed E-state index contributed by atoms with van der Waals surface area (Å²) in [6.07, 6.45) is 2.05. The van der Waals surface area contributed by atoms with Crippen molar-refractivity contribution in [1.82, 2.24) is 9.97 Å². The predicted molar refractivity (Wildman–Crippen MR) is 82.0 cm³/mol. The van der Waals surface area contributed by atoms with Gasteiger partial charge in [-0.3, -0.25) is 0 Å². The molecular formula is C14H18N4S. The Morgan fingerprint density at radius 2 is 2.00 bits per heavy atom. The van der Waals surface area contributed by atoms with Crippen molar-refractivity contribution in [3.63, 3.8) is 0 Å². The number of hydrogen-bond acceptors (Lipinski definition) is 5. The summed E-state index contributed by atoms with van der Waals surface area (Å²) in [6.45, 7) is 4.10. The molecule has 0 unspecified atom stereocenters. The number of anilines is 3. The molecule has 0 saturated heterocycles. The highest BCUT2D eigenvalue weighted by molar-refractivity contribution is 7.98. The van der Waals surface area contributed by atoms with Gasteiger partial charge in [0, 0.05) is 22.6 Å². The molecule has 0 amide bonds. The van der Waals surface area contributed by atoms with E-state index in [0.717, 1.165) is 17.3 Å². The van der Waals surface area contributed by atoms with E-state index in [2.05, 4.69) is 33.7 Å². The van der Waals surface area contributed by atoms with Gasteiger partial charge in [0.05, 0.1) is 0 Å². The van der Waals surface area contributed by atoms with Crippen molar-refractivity contribution in [2.75, 3.05) is 17.3 Å².